The summed E-state index contributed by atoms with van der Waals surface area (Å²) < 4.78 is 15.9. The minimum absolute atomic E-state index is 0.00158. The quantitative estimate of drug-likeness (QED) is 0.593. The Morgan fingerprint density at radius 2 is 1.93 bits per heavy atom. The van der Waals surface area contributed by atoms with Gasteiger partial charge < -0.3 is 18.9 Å². The van der Waals surface area contributed by atoms with Crippen LogP contribution in [0.25, 0.3) is 0 Å². The number of amides is 2. The number of halogens is 1. The van der Waals surface area contributed by atoms with Gasteiger partial charge >= 0.3 is 5.91 Å². The lowest BCUT2D eigenvalue weighted by molar-refractivity contribution is -0.110. The molecule has 0 unspecified atom stereocenters. The SMILES string of the molecule is COc1ccc(NC(=O)C(Cc2ccco2)=NC(=O)c2ccc(Br)o2)cc1. The fourth-order valence-corrected chi connectivity index (χ4v) is 2.54. The summed E-state index contributed by atoms with van der Waals surface area (Å²) in [4.78, 5) is 28.9. The lowest BCUT2D eigenvalue weighted by atomic mass is 10.2. The number of rotatable bonds is 6. The van der Waals surface area contributed by atoms with Gasteiger partial charge in [-0.25, -0.2) is 4.99 Å². The Balaban J connectivity index is 1.82. The highest BCUT2D eigenvalue weighted by atomic mass is 79.9. The Kier molecular flexibility index (Phi) is 5.87. The van der Waals surface area contributed by atoms with Crippen molar-refractivity contribution in [2.24, 2.45) is 4.99 Å². The van der Waals surface area contributed by atoms with E-state index in [4.69, 9.17) is 13.6 Å². The molecule has 1 aromatic carbocycles. The number of hydrogen-bond donors (Lipinski definition) is 1. The summed E-state index contributed by atoms with van der Waals surface area (Å²) >= 11 is 3.13. The van der Waals surface area contributed by atoms with Gasteiger partial charge in [-0.15, -0.1) is 0 Å². The summed E-state index contributed by atoms with van der Waals surface area (Å²) in [5.74, 6) is 0.0156. The molecular weight excluding hydrogens is 416 g/mol. The molecule has 3 aromatic rings. The van der Waals surface area contributed by atoms with Crippen molar-refractivity contribution < 1.29 is 23.2 Å². The number of anilines is 1. The smallest absolute Gasteiger partial charge is 0.313 e. The third kappa shape index (κ3) is 4.95. The van der Waals surface area contributed by atoms with Crippen LogP contribution in [0.2, 0.25) is 0 Å². The van der Waals surface area contributed by atoms with Crippen molar-refractivity contribution in [3.63, 3.8) is 0 Å². The van der Waals surface area contributed by atoms with Crippen LogP contribution in [0.3, 0.4) is 0 Å². The molecule has 0 aliphatic rings. The van der Waals surface area contributed by atoms with Crippen LogP contribution in [0.1, 0.15) is 16.3 Å². The number of aliphatic imine (C=N–C) groups is 1. The van der Waals surface area contributed by atoms with E-state index in [-0.39, 0.29) is 17.9 Å². The number of carbonyl (C=O) groups excluding carboxylic acids is 2. The maximum Gasteiger partial charge on any atom is 0.313 e. The molecule has 2 amide bonds. The Bertz CT molecular complexity index is 958. The molecule has 1 N–H and O–H groups in total. The Labute approximate surface area is 163 Å². The fourth-order valence-electron chi connectivity index (χ4n) is 2.23. The van der Waals surface area contributed by atoms with Crippen LogP contribution in [-0.4, -0.2) is 24.6 Å². The maximum atomic E-state index is 12.7. The number of benzene rings is 1. The summed E-state index contributed by atoms with van der Waals surface area (Å²) in [7, 11) is 1.56. The van der Waals surface area contributed by atoms with Crippen LogP contribution < -0.4 is 10.1 Å². The molecule has 0 aliphatic carbocycles. The van der Waals surface area contributed by atoms with Crippen LogP contribution in [0.15, 0.2) is 73.3 Å². The van der Waals surface area contributed by atoms with Crippen molar-refractivity contribution in [2.75, 3.05) is 12.4 Å². The molecule has 0 saturated carbocycles. The third-order valence-electron chi connectivity index (χ3n) is 3.55. The van der Waals surface area contributed by atoms with Crippen molar-refractivity contribution in [2.45, 2.75) is 6.42 Å². The van der Waals surface area contributed by atoms with E-state index in [1.165, 1.54) is 12.3 Å². The zero-order valence-electron chi connectivity index (χ0n) is 14.3. The minimum Gasteiger partial charge on any atom is -0.497 e. The van der Waals surface area contributed by atoms with E-state index in [9.17, 15) is 9.59 Å². The molecular formula is C19H15BrN2O5. The third-order valence-corrected chi connectivity index (χ3v) is 3.98. The number of nitrogens with one attached hydrogen (secondary N) is 1. The van der Waals surface area contributed by atoms with Gasteiger partial charge in [0.05, 0.1) is 19.8 Å². The normalized spacial score (nSPS) is 11.3. The molecule has 2 heterocycles. The Morgan fingerprint density at radius 3 is 2.52 bits per heavy atom. The number of furan rings is 2. The van der Waals surface area contributed by atoms with Gasteiger partial charge in [0.1, 0.15) is 17.2 Å². The van der Waals surface area contributed by atoms with Gasteiger partial charge in [0, 0.05) is 5.69 Å². The van der Waals surface area contributed by atoms with Crippen LogP contribution in [-0.2, 0) is 11.2 Å². The molecule has 0 atom stereocenters. The van der Waals surface area contributed by atoms with E-state index in [1.807, 2.05) is 0 Å². The molecule has 2 aromatic heterocycles. The number of ether oxygens (including phenoxy) is 1. The highest BCUT2D eigenvalue weighted by molar-refractivity contribution is 9.10. The lowest BCUT2D eigenvalue weighted by Gasteiger charge is -2.08. The average Bonchev–Trinajstić information content (AvgIpc) is 3.33. The molecule has 0 aliphatic heterocycles. The first-order valence-electron chi connectivity index (χ1n) is 7.90. The summed E-state index contributed by atoms with van der Waals surface area (Å²) in [6.45, 7) is 0. The Hall–Kier alpha value is -3.13. The largest absolute Gasteiger partial charge is 0.497 e. The van der Waals surface area contributed by atoms with Crippen molar-refractivity contribution >= 4 is 39.1 Å². The molecule has 0 radical (unpaired) electrons. The number of carbonyl (C=O) groups is 2. The second-order valence-corrected chi connectivity index (χ2v) is 6.19. The summed E-state index contributed by atoms with van der Waals surface area (Å²) in [5, 5.41) is 2.71. The first-order chi connectivity index (χ1) is 13.0. The highest BCUT2D eigenvalue weighted by Gasteiger charge is 2.18. The molecule has 27 heavy (non-hydrogen) atoms. The van der Waals surface area contributed by atoms with Gasteiger partial charge in [-0.2, -0.15) is 0 Å². The van der Waals surface area contributed by atoms with E-state index < -0.39 is 11.8 Å². The Morgan fingerprint density at radius 1 is 1.15 bits per heavy atom. The van der Waals surface area contributed by atoms with Crippen molar-refractivity contribution in [1.82, 2.24) is 0 Å². The maximum absolute atomic E-state index is 12.7. The first kappa shape index (κ1) is 18.7. The topological polar surface area (TPSA) is 94.0 Å². The predicted octanol–water partition coefficient (Wildman–Crippen LogP) is 4.11. The molecule has 138 valence electrons. The molecule has 0 saturated heterocycles. The van der Waals surface area contributed by atoms with Crippen LogP contribution in [0, 0.1) is 0 Å². The zero-order valence-corrected chi connectivity index (χ0v) is 15.9. The molecule has 0 fully saturated rings. The molecule has 7 nitrogen and oxygen atoms in total. The van der Waals surface area contributed by atoms with Gasteiger partial charge in [-0.05, 0) is 64.5 Å². The van der Waals surface area contributed by atoms with Crippen molar-refractivity contribution in [3.8, 4) is 5.75 Å². The molecule has 0 bridgehead atoms. The van der Waals surface area contributed by atoms with Gasteiger partial charge in [-0.1, -0.05) is 0 Å². The van der Waals surface area contributed by atoms with Gasteiger partial charge in [0.2, 0.25) is 0 Å². The summed E-state index contributed by atoms with van der Waals surface area (Å²) in [6, 6.07) is 13.2. The average molecular weight is 431 g/mol. The van der Waals surface area contributed by atoms with Crippen LogP contribution in [0.4, 0.5) is 5.69 Å². The fraction of sp³-hybridized carbons (Fsp3) is 0.105. The predicted molar refractivity (Wildman–Crippen MR) is 102 cm³/mol. The van der Waals surface area contributed by atoms with E-state index in [0.29, 0.717) is 21.9 Å². The van der Waals surface area contributed by atoms with E-state index in [2.05, 4.69) is 26.2 Å². The lowest BCUT2D eigenvalue weighted by Crippen LogP contribution is -2.26. The summed E-state index contributed by atoms with van der Waals surface area (Å²) in [6.07, 6.45) is 1.54. The summed E-state index contributed by atoms with van der Waals surface area (Å²) in [5.41, 5.74) is 0.541. The van der Waals surface area contributed by atoms with Gasteiger partial charge in [-0.3, -0.25) is 9.59 Å². The number of hydrogen-bond acceptors (Lipinski definition) is 5. The highest BCUT2D eigenvalue weighted by Crippen LogP contribution is 2.17. The zero-order chi connectivity index (χ0) is 19.2. The van der Waals surface area contributed by atoms with E-state index in [0.717, 1.165) is 0 Å². The minimum atomic E-state index is -0.660. The molecule has 0 spiro atoms. The van der Waals surface area contributed by atoms with E-state index >= 15 is 0 Å². The van der Waals surface area contributed by atoms with Crippen LogP contribution in [0.5, 0.6) is 5.75 Å². The van der Waals surface area contributed by atoms with Crippen molar-refractivity contribution in [1.29, 1.82) is 0 Å². The monoisotopic (exact) mass is 430 g/mol. The van der Waals surface area contributed by atoms with E-state index in [1.54, 1.807) is 49.6 Å². The van der Waals surface area contributed by atoms with Gasteiger partial charge in [0.15, 0.2) is 10.4 Å². The van der Waals surface area contributed by atoms with Crippen LogP contribution >= 0.6 is 15.9 Å². The second-order valence-electron chi connectivity index (χ2n) is 5.41. The van der Waals surface area contributed by atoms with Gasteiger partial charge in [0.25, 0.3) is 5.91 Å². The van der Waals surface area contributed by atoms with Crippen molar-refractivity contribution in [3.05, 3.63) is 71.0 Å². The standard InChI is InChI=1S/C19H15BrN2O5/c1-25-13-6-4-12(5-7-13)21-18(23)15(11-14-3-2-10-26-14)22-19(24)16-8-9-17(20)27-16/h2-10H,11H2,1H3,(H,21,23). The first-order valence-corrected chi connectivity index (χ1v) is 8.69. The number of nitrogens with zero attached hydrogens (tertiary/aromatic N) is 1. The molecule has 8 heteroatoms. The number of methoxy groups -OCH3 is 1. The molecule has 3 rings (SSSR count). The second kappa shape index (κ2) is 8.50.